The summed E-state index contributed by atoms with van der Waals surface area (Å²) in [5.74, 6) is -0.479. The SMILES string of the molecule is CCOC(=O)C([NH+]=[N-])c1nnc(-c2ccccc2)o1. The first kappa shape index (κ1) is 12.9. The second kappa shape index (κ2) is 5.85. The van der Waals surface area contributed by atoms with Gasteiger partial charge in [-0.05, 0) is 19.1 Å². The molecule has 0 amide bonds. The molecule has 1 aromatic heterocycles. The number of hydrogen-bond acceptors (Lipinski definition) is 5. The first-order valence-electron chi connectivity index (χ1n) is 5.71. The zero-order chi connectivity index (χ0) is 13.7. The van der Waals surface area contributed by atoms with E-state index in [4.69, 9.17) is 14.7 Å². The lowest BCUT2D eigenvalue weighted by Crippen LogP contribution is -2.68. The van der Waals surface area contributed by atoms with Crippen molar-refractivity contribution in [2.75, 3.05) is 6.61 Å². The van der Waals surface area contributed by atoms with Crippen LogP contribution in [-0.4, -0.2) is 22.8 Å². The third-order valence-corrected chi connectivity index (χ3v) is 2.36. The molecule has 1 atom stereocenters. The molecule has 98 valence electrons. The largest absolute Gasteiger partial charge is 0.507 e. The molecule has 0 spiro atoms. The van der Waals surface area contributed by atoms with Crippen LogP contribution in [0.15, 0.2) is 34.7 Å². The van der Waals surface area contributed by atoms with Crippen molar-refractivity contribution in [2.45, 2.75) is 13.0 Å². The van der Waals surface area contributed by atoms with E-state index in [2.05, 4.69) is 10.2 Å². The van der Waals surface area contributed by atoms with Crippen molar-refractivity contribution in [2.24, 2.45) is 0 Å². The Morgan fingerprint density at radius 2 is 2.16 bits per heavy atom. The van der Waals surface area contributed by atoms with Crippen LogP contribution < -0.4 is 5.11 Å². The van der Waals surface area contributed by atoms with Gasteiger partial charge in [-0.1, -0.05) is 18.2 Å². The van der Waals surface area contributed by atoms with Gasteiger partial charge >= 0.3 is 12.0 Å². The predicted molar refractivity (Wildman–Crippen MR) is 63.4 cm³/mol. The van der Waals surface area contributed by atoms with Crippen LogP contribution in [0.5, 0.6) is 0 Å². The number of esters is 1. The Hall–Kier alpha value is -2.57. The van der Waals surface area contributed by atoms with Gasteiger partial charge in [-0.25, -0.2) is 4.79 Å². The number of nitrogens with zero attached hydrogens (tertiary/aromatic N) is 3. The third-order valence-electron chi connectivity index (χ3n) is 2.36. The van der Waals surface area contributed by atoms with Gasteiger partial charge in [0.15, 0.2) is 0 Å². The third kappa shape index (κ3) is 2.82. The molecule has 0 aliphatic carbocycles. The molecule has 0 fully saturated rings. The molecule has 0 saturated carbocycles. The summed E-state index contributed by atoms with van der Waals surface area (Å²) in [6.45, 7) is 1.85. The van der Waals surface area contributed by atoms with Crippen molar-refractivity contribution in [1.29, 1.82) is 0 Å². The fourth-order valence-electron chi connectivity index (χ4n) is 1.48. The molecular formula is C12H12N4O3. The van der Waals surface area contributed by atoms with E-state index in [1.807, 2.05) is 18.2 Å². The van der Waals surface area contributed by atoms with E-state index in [9.17, 15) is 4.79 Å². The fraction of sp³-hybridized carbons (Fsp3) is 0.250. The van der Waals surface area contributed by atoms with Gasteiger partial charge in [0, 0.05) is 5.56 Å². The Labute approximate surface area is 109 Å². The predicted octanol–water partition coefficient (Wildman–Crippen LogP) is 0.443. The van der Waals surface area contributed by atoms with Crippen LogP contribution >= 0.6 is 0 Å². The molecule has 7 nitrogen and oxygen atoms in total. The van der Waals surface area contributed by atoms with Crippen LogP contribution in [0.25, 0.3) is 17.0 Å². The Balaban J connectivity index is 2.25. The normalized spacial score (nSPS) is 11.8. The van der Waals surface area contributed by atoms with Gasteiger partial charge in [0.05, 0.1) is 6.61 Å². The van der Waals surface area contributed by atoms with Crippen molar-refractivity contribution in [3.63, 3.8) is 0 Å². The van der Waals surface area contributed by atoms with Crippen molar-refractivity contribution < 1.29 is 19.1 Å². The number of carbonyl (C=O) groups excluding carboxylic acids is 1. The minimum Gasteiger partial charge on any atom is -0.507 e. The van der Waals surface area contributed by atoms with Crippen molar-refractivity contribution in [3.8, 4) is 11.5 Å². The standard InChI is InChI=1S/C12H12N4O3/c1-2-18-12(17)9(14-13)11-16-15-10(19-11)8-6-4-3-5-7-8/h3-7,9,14H,2H2,1H3. The van der Waals surface area contributed by atoms with E-state index >= 15 is 0 Å². The molecule has 1 unspecified atom stereocenters. The Morgan fingerprint density at radius 3 is 2.79 bits per heavy atom. The number of nitrogens with one attached hydrogen (secondary N) is 1. The summed E-state index contributed by atoms with van der Waals surface area (Å²) in [6.07, 6.45) is 0. The highest BCUT2D eigenvalue weighted by Crippen LogP contribution is 2.19. The van der Waals surface area contributed by atoms with Crippen molar-refractivity contribution in [1.82, 2.24) is 10.2 Å². The van der Waals surface area contributed by atoms with E-state index in [0.29, 0.717) is 0 Å². The average molecular weight is 260 g/mol. The van der Waals surface area contributed by atoms with Gasteiger partial charge < -0.3 is 19.8 Å². The lowest BCUT2D eigenvalue weighted by atomic mass is 10.2. The monoisotopic (exact) mass is 260 g/mol. The quantitative estimate of drug-likeness (QED) is 0.621. The maximum Gasteiger partial charge on any atom is 0.384 e. The molecule has 19 heavy (non-hydrogen) atoms. The summed E-state index contributed by atoms with van der Waals surface area (Å²) >= 11 is 0. The van der Waals surface area contributed by atoms with E-state index in [1.54, 1.807) is 24.2 Å². The van der Waals surface area contributed by atoms with E-state index < -0.39 is 12.0 Å². The first-order valence-corrected chi connectivity index (χ1v) is 5.71. The Morgan fingerprint density at radius 1 is 1.42 bits per heavy atom. The topological polar surface area (TPSA) is 101 Å². The smallest absolute Gasteiger partial charge is 0.384 e. The zero-order valence-corrected chi connectivity index (χ0v) is 10.2. The van der Waals surface area contributed by atoms with E-state index in [0.717, 1.165) is 5.56 Å². The highest BCUT2D eigenvalue weighted by atomic mass is 16.5. The van der Waals surface area contributed by atoms with Crippen molar-refractivity contribution >= 4 is 5.97 Å². The van der Waals surface area contributed by atoms with E-state index in [1.165, 1.54) is 0 Å². The number of carbonyl (C=O) groups is 1. The number of benzene rings is 1. The highest BCUT2D eigenvalue weighted by molar-refractivity contribution is 5.74. The van der Waals surface area contributed by atoms with Gasteiger partial charge in [0.2, 0.25) is 5.89 Å². The molecule has 0 aliphatic rings. The zero-order valence-electron chi connectivity index (χ0n) is 10.2. The Bertz CT molecular complexity index is 567. The number of rotatable bonds is 5. The molecule has 0 bridgehead atoms. The van der Waals surface area contributed by atoms with Crippen LogP contribution in [0, 0.1) is 0 Å². The lowest BCUT2D eigenvalue weighted by Gasteiger charge is -2.03. The lowest BCUT2D eigenvalue weighted by molar-refractivity contribution is -0.522. The summed E-state index contributed by atoms with van der Waals surface area (Å²) < 4.78 is 10.1. The molecule has 2 aromatic rings. The number of hydrogen-bond donors (Lipinski definition) is 1. The van der Waals surface area contributed by atoms with Crippen LogP contribution in [-0.2, 0) is 9.53 Å². The Kier molecular flexibility index (Phi) is 3.97. The fourth-order valence-corrected chi connectivity index (χ4v) is 1.48. The molecule has 1 aromatic carbocycles. The van der Waals surface area contributed by atoms with Crippen LogP contribution in [0.4, 0.5) is 0 Å². The molecule has 2 rings (SSSR count). The van der Waals surface area contributed by atoms with Gasteiger partial charge in [0.1, 0.15) is 0 Å². The maximum absolute atomic E-state index is 11.5. The van der Waals surface area contributed by atoms with Crippen LogP contribution in [0.1, 0.15) is 18.9 Å². The number of ether oxygens (including phenoxy) is 1. The summed E-state index contributed by atoms with van der Waals surface area (Å²) in [7, 11) is 0. The van der Waals surface area contributed by atoms with Crippen LogP contribution in [0.3, 0.4) is 0 Å². The molecule has 0 aliphatic heterocycles. The average Bonchev–Trinajstić information content (AvgIpc) is 2.90. The molecule has 0 radical (unpaired) electrons. The summed E-state index contributed by atoms with van der Waals surface area (Å²) in [6, 6.07) is 7.91. The summed E-state index contributed by atoms with van der Waals surface area (Å²) in [5.41, 5.74) is 9.70. The second-order valence-electron chi connectivity index (χ2n) is 3.63. The molecule has 7 heteroatoms. The first-order chi connectivity index (χ1) is 9.26. The van der Waals surface area contributed by atoms with Crippen molar-refractivity contribution in [3.05, 3.63) is 41.8 Å². The van der Waals surface area contributed by atoms with E-state index in [-0.39, 0.29) is 18.4 Å². The molecule has 1 heterocycles. The number of aromatic nitrogens is 2. The summed E-state index contributed by atoms with van der Waals surface area (Å²) in [4.78, 5) is 11.5. The minimum atomic E-state index is -1.19. The highest BCUT2D eigenvalue weighted by Gasteiger charge is 2.30. The van der Waals surface area contributed by atoms with Gasteiger partial charge in [-0.3, -0.25) is 0 Å². The van der Waals surface area contributed by atoms with Gasteiger partial charge in [-0.2, -0.15) is 0 Å². The summed E-state index contributed by atoms with van der Waals surface area (Å²) in [5, 5.41) is 9.35. The van der Waals surface area contributed by atoms with Crippen LogP contribution in [0.2, 0.25) is 0 Å². The van der Waals surface area contributed by atoms with Gasteiger partial charge in [0.25, 0.3) is 5.89 Å². The molecular weight excluding hydrogens is 248 g/mol. The second-order valence-corrected chi connectivity index (χ2v) is 3.63. The van der Waals surface area contributed by atoms with Gasteiger partial charge in [-0.15, -0.1) is 10.2 Å². The molecule has 0 saturated heterocycles. The maximum atomic E-state index is 11.5. The minimum absolute atomic E-state index is 0.0557. The molecule has 1 N–H and O–H groups in total.